The molecule has 104 valence electrons. The molecule has 0 fully saturated rings. The normalized spacial score (nSPS) is 16.7. The number of rotatable bonds is 3. The lowest BCUT2D eigenvalue weighted by Crippen LogP contribution is -2.26. The van der Waals surface area contributed by atoms with E-state index >= 15 is 0 Å². The van der Waals surface area contributed by atoms with Crippen molar-refractivity contribution in [2.24, 2.45) is 0 Å². The number of aryl methyl sites for hydroxylation is 1. The van der Waals surface area contributed by atoms with Crippen molar-refractivity contribution in [2.75, 3.05) is 12.3 Å². The number of aromatic nitrogens is 1. The molecule has 6 nitrogen and oxygen atoms in total. The van der Waals surface area contributed by atoms with E-state index < -0.39 is 15.7 Å². The number of carbonyl (C=O) groups is 1. The molecule has 1 aliphatic heterocycles. The Hall–Kier alpha value is -1.63. The van der Waals surface area contributed by atoms with E-state index in [1.807, 2.05) is 6.92 Å². The highest BCUT2D eigenvalue weighted by atomic mass is 32.2. The van der Waals surface area contributed by atoms with Crippen LogP contribution in [0, 0.1) is 0 Å². The number of fused-ring (bicyclic) bond motifs is 1. The number of aromatic hydroxyl groups is 1. The number of pyridine rings is 1. The molecule has 1 aliphatic rings. The molecule has 2 N–H and O–H groups in total. The van der Waals surface area contributed by atoms with Crippen LogP contribution in [0.3, 0.4) is 0 Å². The highest BCUT2D eigenvalue weighted by Crippen LogP contribution is 2.30. The Labute approximate surface area is 111 Å². The zero-order valence-corrected chi connectivity index (χ0v) is 11.5. The molecule has 0 unspecified atom stereocenters. The fourth-order valence-corrected chi connectivity index (χ4v) is 3.38. The van der Waals surface area contributed by atoms with Crippen molar-refractivity contribution in [3.05, 3.63) is 23.0 Å². The maximum Gasteiger partial charge on any atom is 0.256 e. The van der Waals surface area contributed by atoms with Crippen molar-refractivity contribution >= 4 is 15.7 Å². The van der Waals surface area contributed by atoms with E-state index in [1.165, 1.54) is 6.20 Å². The van der Waals surface area contributed by atoms with Gasteiger partial charge in [0.15, 0.2) is 9.84 Å². The van der Waals surface area contributed by atoms with Gasteiger partial charge in [0.05, 0.1) is 17.1 Å². The van der Waals surface area contributed by atoms with Gasteiger partial charge in [0.1, 0.15) is 5.75 Å². The van der Waals surface area contributed by atoms with Crippen molar-refractivity contribution in [1.82, 2.24) is 10.3 Å². The maximum absolute atomic E-state index is 11.8. The molecule has 0 aromatic carbocycles. The molecule has 0 saturated carbocycles. The minimum absolute atomic E-state index is 0.0318. The van der Waals surface area contributed by atoms with Crippen LogP contribution in [-0.4, -0.2) is 36.7 Å². The van der Waals surface area contributed by atoms with Gasteiger partial charge in [0.2, 0.25) is 0 Å². The van der Waals surface area contributed by atoms with Crippen LogP contribution in [0.5, 0.6) is 5.75 Å². The molecule has 1 amide bonds. The van der Waals surface area contributed by atoms with Crippen molar-refractivity contribution in [3.63, 3.8) is 0 Å². The number of hydrogen-bond donors (Lipinski definition) is 2. The van der Waals surface area contributed by atoms with Gasteiger partial charge in [-0.25, -0.2) is 8.42 Å². The van der Waals surface area contributed by atoms with Crippen molar-refractivity contribution in [3.8, 4) is 5.75 Å². The summed E-state index contributed by atoms with van der Waals surface area (Å²) in [7, 11) is -3.21. The van der Waals surface area contributed by atoms with Crippen LogP contribution in [0.25, 0.3) is 0 Å². The van der Waals surface area contributed by atoms with Gasteiger partial charge in [-0.1, -0.05) is 6.92 Å². The van der Waals surface area contributed by atoms with Crippen LogP contribution in [0.15, 0.2) is 6.20 Å². The molecule has 1 aromatic rings. The molecule has 0 saturated heterocycles. The van der Waals surface area contributed by atoms with Gasteiger partial charge in [0.25, 0.3) is 5.91 Å². The van der Waals surface area contributed by atoms with E-state index in [4.69, 9.17) is 0 Å². The Morgan fingerprint density at radius 2 is 2.26 bits per heavy atom. The quantitative estimate of drug-likeness (QED) is 0.837. The van der Waals surface area contributed by atoms with Crippen LogP contribution in [0.1, 0.15) is 35.0 Å². The average molecular weight is 284 g/mol. The number of nitrogens with one attached hydrogen (secondary N) is 1. The minimum Gasteiger partial charge on any atom is -0.507 e. The fraction of sp³-hybridized carbons (Fsp3) is 0.500. The molecule has 0 aliphatic carbocycles. The molecule has 1 aromatic heterocycles. The summed E-state index contributed by atoms with van der Waals surface area (Å²) >= 11 is 0. The average Bonchev–Trinajstić information content (AvgIpc) is 2.36. The smallest absolute Gasteiger partial charge is 0.256 e. The van der Waals surface area contributed by atoms with Crippen molar-refractivity contribution in [1.29, 1.82) is 0 Å². The second-order valence-corrected chi connectivity index (χ2v) is 6.73. The van der Waals surface area contributed by atoms with Crippen LogP contribution < -0.4 is 5.32 Å². The summed E-state index contributed by atoms with van der Waals surface area (Å²) in [6.07, 6.45) is 2.36. The zero-order valence-electron chi connectivity index (χ0n) is 10.6. The van der Waals surface area contributed by atoms with E-state index in [0.717, 1.165) is 6.42 Å². The Bertz CT molecular complexity index is 610. The van der Waals surface area contributed by atoms with E-state index in [9.17, 15) is 18.3 Å². The van der Waals surface area contributed by atoms with E-state index in [2.05, 4.69) is 10.3 Å². The summed E-state index contributed by atoms with van der Waals surface area (Å²) < 4.78 is 23.2. The number of amides is 1. The predicted molar refractivity (Wildman–Crippen MR) is 69.7 cm³/mol. The zero-order chi connectivity index (χ0) is 14.0. The Kier molecular flexibility index (Phi) is 3.75. The highest BCUT2D eigenvalue weighted by Gasteiger charge is 2.27. The molecule has 0 spiro atoms. The molecule has 0 atom stereocenters. The van der Waals surface area contributed by atoms with Gasteiger partial charge in [0, 0.05) is 30.4 Å². The van der Waals surface area contributed by atoms with E-state index in [-0.39, 0.29) is 34.8 Å². The molecular formula is C12H16N2O4S. The van der Waals surface area contributed by atoms with Crippen molar-refractivity contribution in [2.45, 2.75) is 25.5 Å². The number of hydrogen-bond acceptors (Lipinski definition) is 5. The van der Waals surface area contributed by atoms with Crippen molar-refractivity contribution < 1.29 is 18.3 Å². The number of carbonyl (C=O) groups excluding carboxylic acids is 1. The van der Waals surface area contributed by atoms with Crippen LogP contribution >= 0.6 is 0 Å². The third-order valence-corrected chi connectivity index (χ3v) is 4.59. The predicted octanol–water partition coefficient (Wildman–Crippen LogP) is 0.398. The third-order valence-electron chi connectivity index (χ3n) is 3.03. The van der Waals surface area contributed by atoms with Gasteiger partial charge in [-0.2, -0.15) is 0 Å². The van der Waals surface area contributed by atoms with Gasteiger partial charge in [-0.05, 0) is 6.42 Å². The summed E-state index contributed by atoms with van der Waals surface area (Å²) in [6.45, 7) is 2.41. The third kappa shape index (κ3) is 2.86. The molecule has 0 radical (unpaired) electrons. The van der Waals surface area contributed by atoms with Crippen LogP contribution in [0.4, 0.5) is 0 Å². The number of nitrogens with zero attached hydrogens (tertiary/aromatic N) is 1. The molecule has 19 heavy (non-hydrogen) atoms. The minimum atomic E-state index is -3.21. The Balaban J connectivity index is 2.37. The number of sulfone groups is 1. The SMILES string of the molecule is CCCNC(=O)c1cnc2c(c1O)CS(=O)(=O)CC2. The van der Waals surface area contributed by atoms with Gasteiger partial charge in [-0.15, -0.1) is 0 Å². The molecule has 7 heteroatoms. The monoisotopic (exact) mass is 284 g/mol. The maximum atomic E-state index is 11.8. The summed E-state index contributed by atoms with van der Waals surface area (Å²) in [5.74, 6) is -0.913. The molecule has 2 rings (SSSR count). The fourth-order valence-electron chi connectivity index (χ4n) is 1.99. The second-order valence-electron chi connectivity index (χ2n) is 4.54. The first-order valence-corrected chi connectivity index (χ1v) is 7.95. The standard InChI is InChI=1S/C12H16N2O4S/c1-2-4-13-12(16)8-6-14-10-3-5-19(17,18)7-9(10)11(8)15/h6H,2-5,7H2,1H3,(H,13,16)(H,14,15). The second kappa shape index (κ2) is 5.16. The molecular weight excluding hydrogens is 268 g/mol. The largest absolute Gasteiger partial charge is 0.507 e. The van der Waals surface area contributed by atoms with E-state index in [0.29, 0.717) is 12.2 Å². The first-order valence-electron chi connectivity index (χ1n) is 6.13. The Morgan fingerprint density at radius 1 is 1.53 bits per heavy atom. The van der Waals surface area contributed by atoms with E-state index in [1.54, 1.807) is 0 Å². The first kappa shape index (κ1) is 13.8. The lowest BCUT2D eigenvalue weighted by Gasteiger charge is -2.18. The first-order chi connectivity index (χ1) is 8.94. The van der Waals surface area contributed by atoms with Crippen LogP contribution in [-0.2, 0) is 22.0 Å². The molecule has 0 bridgehead atoms. The molecule has 2 heterocycles. The lowest BCUT2D eigenvalue weighted by molar-refractivity contribution is 0.0950. The topological polar surface area (TPSA) is 96.4 Å². The van der Waals surface area contributed by atoms with Crippen LogP contribution in [0.2, 0.25) is 0 Å². The summed E-state index contributed by atoms with van der Waals surface area (Å²) in [5.41, 5.74) is 0.846. The summed E-state index contributed by atoms with van der Waals surface area (Å²) in [4.78, 5) is 15.9. The lowest BCUT2D eigenvalue weighted by atomic mass is 10.1. The summed E-state index contributed by atoms with van der Waals surface area (Å²) in [5, 5.41) is 12.7. The summed E-state index contributed by atoms with van der Waals surface area (Å²) in [6, 6.07) is 0. The van der Waals surface area contributed by atoms with Gasteiger partial charge < -0.3 is 10.4 Å². The Morgan fingerprint density at radius 3 is 2.95 bits per heavy atom. The van der Waals surface area contributed by atoms with Gasteiger partial charge in [-0.3, -0.25) is 9.78 Å². The van der Waals surface area contributed by atoms with Gasteiger partial charge >= 0.3 is 0 Å². The highest BCUT2D eigenvalue weighted by molar-refractivity contribution is 7.90.